The van der Waals surface area contributed by atoms with Gasteiger partial charge in [-0.25, -0.2) is 0 Å². The number of rotatable bonds is 4. The average Bonchev–Trinajstić information content (AvgIpc) is 2.62. The first-order chi connectivity index (χ1) is 10.8. The summed E-state index contributed by atoms with van der Waals surface area (Å²) >= 11 is 3.55. The van der Waals surface area contributed by atoms with Crippen LogP contribution in [0.2, 0.25) is 0 Å². The lowest BCUT2D eigenvalue weighted by Crippen LogP contribution is -1.85. The zero-order valence-corrected chi connectivity index (χ0v) is 14.4. The highest BCUT2D eigenvalue weighted by Gasteiger charge is 2.07. The molecular weight excluding hydrogens is 304 g/mol. The van der Waals surface area contributed by atoms with Gasteiger partial charge in [-0.3, -0.25) is 0 Å². The fourth-order valence-electron chi connectivity index (χ4n) is 2.53. The molecule has 2 heteroatoms. The smallest absolute Gasteiger partial charge is 0.00695 e. The van der Waals surface area contributed by atoms with E-state index in [1.54, 1.807) is 23.5 Å². The Hall–Kier alpha value is -1.64. The van der Waals surface area contributed by atoms with E-state index in [2.05, 4.69) is 85.3 Å². The molecule has 3 aromatic carbocycles. The molecule has 0 fully saturated rings. The van der Waals surface area contributed by atoms with E-state index in [1.807, 2.05) is 0 Å². The molecule has 0 saturated heterocycles. The molecule has 0 unspecified atom stereocenters. The molecule has 0 aromatic heterocycles. The summed E-state index contributed by atoms with van der Waals surface area (Å²) in [5, 5.41) is 0. The minimum absolute atomic E-state index is 1.27. The molecule has 0 spiro atoms. The van der Waals surface area contributed by atoms with Crippen LogP contribution in [-0.2, 0) is 0 Å². The van der Waals surface area contributed by atoms with Crippen molar-refractivity contribution in [3.8, 4) is 22.3 Å². The maximum Gasteiger partial charge on any atom is 0.00695 e. The summed E-state index contributed by atoms with van der Waals surface area (Å²) in [5.41, 5.74) is 5.10. The zero-order chi connectivity index (χ0) is 15.4. The molecule has 22 heavy (non-hydrogen) atoms. The minimum atomic E-state index is 1.27. The first-order valence-corrected chi connectivity index (χ1v) is 9.64. The standard InChI is InChI=1S/C20H18S2/c1-21-17-11-7-15(8-12-17)19-5-3-4-6-20(19)16-9-13-18(22-2)14-10-16/h3-14H,1-2H3. The van der Waals surface area contributed by atoms with Gasteiger partial charge >= 0.3 is 0 Å². The van der Waals surface area contributed by atoms with E-state index in [-0.39, 0.29) is 0 Å². The normalized spacial score (nSPS) is 10.6. The van der Waals surface area contributed by atoms with Crippen LogP contribution in [0.5, 0.6) is 0 Å². The van der Waals surface area contributed by atoms with Crippen molar-refractivity contribution in [3.63, 3.8) is 0 Å². The van der Waals surface area contributed by atoms with E-state index in [4.69, 9.17) is 0 Å². The molecule has 0 aliphatic rings. The topological polar surface area (TPSA) is 0 Å². The first kappa shape index (κ1) is 15.3. The number of benzene rings is 3. The van der Waals surface area contributed by atoms with Gasteiger partial charge in [0.1, 0.15) is 0 Å². The minimum Gasteiger partial charge on any atom is -0.130 e. The maximum atomic E-state index is 2.21. The quantitative estimate of drug-likeness (QED) is 0.505. The molecule has 0 amide bonds. The molecule has 3 aromatic rings. The van der Waals surface area contributed by atoms with Crippen molar-refractivity contribution in [1.82, 2.24) is 0 Å². The largest absolute Gasteiger partial charge is 0.130 e. The van der Waals surface area contributed by atoms with E-state index < -0.39 is 0 Å². The predicted octanol–water partition coefficient (Wildman–Crippen LogP) is 6.46. The second-order valence-electron chi connectivity index (χ2n) is 5.00. The fraction of sp³-hybridized carbons (Fsp3) is 0.100. The number of hydrogen-bond donors (Lipinski definition) is 0. The van der Waals surface area contributed by atoms with Crippen molar-refractivity contribution < 1.29 is 0 Å². The van der Waals surface area contributed by atoms with Crippen molar-refractivity contribution in [2.45, 2.75) is 9.79 Å². The zero-order valence-electron chi connectivity index (χ0n) is 12.7. The van der Waals surface area contributed by atoms with E-state index >= 15 is 0 Å². The highest BCUT2D eigenvalue weighted by Crippen LogP contribution is 2.33. The van der Waals surface area contributed by atoms with Crippen molar-refractivity contribution in [1.29, 1.82) is 0 Å². The van der Waals surface area contributed by atoms with Crippen LogP contribution in [0.25, 0.3) is 22.3 Å². The van der Waals surface area contributed by atoms with Crippen LogP contribution in [0, 0.1) is 0 Å². The van der Waals surface area contributed by atoms with Crippen molar-refractivity contribution >= 4 is 23.5 Å². The van der Waals surface area contributed by atoms with Crippen molar-refractivity contribution in [3.05, 3.63) is 72.8 Å². The van der Waals surface area contributed by atoms with Crippen molar-refractivity contribution in [2.75, 3.05) is 12.5 Å². The van der Waals surface area contributed by atoms with Crippen LogP contribution in [-0.4, -0.2) is 12.5 Å². The molecule has 3 rings (SSSR count). The van der Waals surface area contributed by atoms with Crippen LogP contribution in [0.3, 0.4) is 0 Å². The lowest BCUT2D eigenvalue weighted by atomic mass is 9.95. The SMILES string of the molecule is CSc1ccc(-c2ccccc2-c2ccc(SC)cc2)cc1. The molecule has 110 valence electrons. The number of thioether (sulfide) groups is 2. The second-order valence-corrected chi connectivity index (χ2v) is 6.76. The van der Waals surface area contributed by atoms with Crippen LogP contribution in [0.4, 0.5) is 0 Å². The second kappa shape index (κ2) is 7.08. The first-order valence-electron chi connectivity index (χ1n) is 7.19. The van der Waals surface area contributed by atoms with Crippen LogP contribution in [0.15, 0.2) is 82.6 Å². The molecule has 0 heterocycles. The molecule has 0 bridgehead atoms. The monoisotopic (exact) mass is 322 g/mol. The van der Waals surface area contributed by atoms with Gasteiger partial charge in [0.25, 0.3) is 0 Å². The van der Waals surface area contributed by atoms with Crippen LogP contribution in [0.1, 0.15) is 0 Å². The van der Waals surface area contributed by atoms with Gasteiger partial charge in [0.15, 0.2) is 0 Å². The Kier molecular flexibility index (Phi) is 4.91. The third-order valence-corrected chi connectivity index (χ3v) is 5.22. The maximum absolute atomic E-state index is 2.21. The summed E-state index contributed by atoms with van der Waals surface area (Å²) < 4.78 is 0. The molecule has 0 aliphatic carbocycles. The highest BCUT2D eigenvalue weighted by molar-refractivity contribution is 7.98. The Balaban J connectivity index is 2.04. The molecule has 0 saturated carbocycles. The Morgan fingerprint density at radius 3 is 1.18 bits per heavy atom. The van der Waals surface area contributed by atoms with Gasteiger partial charge in [0, 0.05) is 9.79 Å². The van der Waals surface area contributed by atoms with Crippen molar-refractivity contribution in [2.24, 2.45) is 0 Å². The number of hydrogen-bond acceptors (Lipinski definition) is 2. The molecule has 0 aliphatic heterocycles. The summed E-state index contributed by atoms with van der Waals surface area (Å²) in [6, 6.07) is 26.2. The van der Waals surface area contributed by atoms with Gasteiger partial charge in [-0.2, -0.15) is 0 Å². The van der Waals surface area contributed by atoms with Crippen LogP contribution >= 0.6 is 23.5 Å². The summed E-state index contributed by atoms with van der Waals surface area (Å²) in [7, 11) is 0. The van der Waals surface area contributed by atoms with E-state index in [0.717, 1.165) is 0 Å². The Morgan fingerprint density at radius 1 is 0.500 bits per heavy atom. The predicted molar refractivity (Wildman–Crippen MR) is 101 cm³/mol. The summed E-state index contributed by atoms with van der Waals surface area (Å²) in [5.74, 6) is 0. The summed E-state index contributed by atoms with van der Waals surface area (Å²) in [4.78, 5) is 2.59. The van der Waals surface area contributed by atoms with E-state index in [9.17, 15) is 0 Å². The Morgan fingerprint density at radius 2 is 0.864 bits per heavy atom. The van der Waals surface area contributed by atoms with Gasteiger partial charge < -0.3 is 0 Å². The van der Waals surface area contributed by atoms with Gasteiger partial charge in [-0.05, 0) is 59.0 Å². The molecular formula is C20H18S2. The third kappa shape index (κ3) is 3.23. The third-order valence-electron chi connectivity index (χ3n) is 3.73. The summed E-state index contributed by atoms with van der Waals surface area (Å²) in [6.45, 7) is 0. The molecule has 0 nitrogen and oxygen atoms in total. The van der Waals surface area contributed by atoms with Gasteiger partial charge in [0.05, 0.1) is 0 Å². The Bertz CT molecular complexity index is 677. The molecule has 0 atom stereocenters. The van der Waals surface area contributed by atoms with Gasteiger partial charge in [-0.1, -0.05) is 48.5 Å². The highest BCUT2D eigenvalue weighted by atomic mass is 32.2. The van der Waals surface area contributed by atoms with E-state index in [1.165, 1.54) is 32.0 Å². The molecule has 0 N–H and O–H groups in total. The van der Waals surface area contributed by atoms with Gasteiger partial charge in [-0.15, -0.1) is 23.5 Å². The van der Waals surface area contributed by atoms with Crippen LogP contribution < -0.4 is 0 Å². The summed E-state index contributed by atoms with van der Waals surface area (Å²) in [6.07, 6.45) is 4.21. The lowest BCUT2D eigenvalue weighted by molar-refractivity contribution is 1.44. The Labute approximate surface area is 141 Å². The lowest BCUT2D eigenvalue weighted by Gasteiger charge is -2.11. The molecule has 0 radical (unpaired) electrons. The fourth-order valence-corrected chi connectivity index (χ4v) is 3.34. The average molecular weight is 322 g/mol. The van der Waals surface area contributed by atoms with E-state index in [0.29, 0.717) is 0 Å². The van der Waals surface area contributed by atoms with Gasteiger partial charge in [0.2, 0.25) is 0 Å².